The van der Waals surface area contributed by atoms with Crippen LogP contribution in [-0.4, -0.2) is 96.7 Å². The van der Waals surface area contributed by atoms with E-state index in [0.29, 0.717) is 37.5 Å². The van der Waals surface area contributed by atoms with Crippen LogP contribution in [0, 0.1) is 23.7 Å². The van der Waals surface area contributed by atoms with Crippen LogP contribution in [-0.2, 0) is 65.4 Å². The van der Waals surface area contributed by atoms with Gasteiger partial charge in [-0.1, -0.05) is 338 Å². The molecular weight excluding hydrogens is 1260 g/mol. The molecule has 0 spiro atoms. The molecule has 0 heterocycles. The number of carbonyl (C=O) groups excluding carboxylic acids is 4. The van der Waals surface area contributed by atoms with E-state index in [4.69, 9.17) is 37.0 Å². The Bertz CT molecular complexity index is 1890. The molecule has 0 aromatic carbocycles. The Hall–Kier alpha value is -1.94. The summed E-state index contributed by atoms with van der Waals surface area (Å²) < 4.78 is 68.5. The van der Waals surface area contributed by atoms with Gasteiger partial charge in [0.15, 0.2) is 12.2 Å². The van der Waals surface area contributed by atoms with Crippen molar-refractivity contribution >= 4 is 39.5 Å². The molecule has 6 atom stereocenters. The number of carbonyl (C=O) groups is 4. The topological polar surface area (TPSA) is 237 Å². The second kappa shape index (κ2) is 66.3. The molecule has 0 aromatic heterocycles. The van der Waals surface area contributed by atoms with Crippen molar-refractivity contribution in [1.29, 1.82) is 0 Å². The quantitative estimate of drug-likeness (QED) is 0.0222. The van der Waals surface area contributed by atoms with Crippen LogP contribution < -0.4 is 0 Å². The first-order valence-electron chi connectivity index (χ1n) is 39.7. The Balaban J connectivity index is 5.15. The lowest BCUT2D eigenvalue weighted by atomic mass is 9.99. The van der Waals surface area contributed by atoms with E-state index in [1.54, 1.807) is 0 Å². The molecule has 3 N–H and O–H groups in total. The Labute approximate surface area is 588 Å². The predicted octanol–water partition coefficient (Wildman–Crippen LogP) is 22.4. The standard InChI is InChI=1S/C77H150O17P2/c1-9-70(8)56-48-40-32-24-20-16-14-12-10-11-13-15-17-21-26-34-43-51-59-76(81)93-72(64-88-75(80)58-50-42-35-27-30-38-46-54-68(4)5)65-91-95(83,84)89-61-71(78)62-90-96(85,86)92-66-73(94-77(82)60-52-44-36-28-31-39-47-55-69(6)7)63-87-74(79)57-49-41-33-25-22-18-19-23-29-37-45-53-67(2)3/h67-73,78H,9-66H2,1-8H3,(H,83,84)(H,85,86)/t70?,71?,72-,73-/m1/s1. The first-order valence-corrected chi connectivity index (χ1v) is 42.7. The number of hydrogen-bond acceptors (Lipinski definition) is 15. The van der Waals surface area contributed by atoms with Crippen molar-refractivity contribution in [2.45, 2.75) is 408 Å². The Morgan fingerprint density at radius 1 is 0.292 bits per heavy atom. The molecule has 0 saturated carbocycles. The summed E-state index contributed by atoms with van der Waals surface area (Å²) in [4.78, 5) is 72.7. The van der Waals surface area contributed by atoms with Gasteiger partial charge in [-0.25, -0.2) is 9.13 Å². The van der Waals surface area contributed by atoms with Gasteiger partial charge in [0.1, 0.15) is 19.3 Å². The van der Waals surface area contributed by atoms with Crippen LogP contribution in [0.2, 0.25) is 0 Å². The third-order valence-electron chi connectivity index (χ3n) is 18.2. The maximum absolute atomic E-state index is 13.1. The summed E-state index contributed by atoms with van der Waals surface area (Å²) in [6.07, 6.45) is 51.6. The number of hydrogen-bond donors (Lipinski definition) is 3. The molecule has 0 amide bonds. The van der Waals surface area contributed by atoms with Crippen molar-refractivity contribution in [3.63, 3.8) is 0 Å². The third kappa shape index (κ3) is 69.2. The van der Waals surface area contributed by atoms with Gasteiger partial charge in [0.05, 0.1) is 26.4 Å². The van der Waals surface area contributed by atoms with Gasteiger partial charge in [0.2, 0.25) is 0 Å². The largest absolute Gasteiger partial charge is 0.472 e. The van der Waals surface area contributed by atoms with Gasteiger partial charge < -0.3 is 33.8 Å². The van der Waals surface area contributed by atoms with E-state index in [0.717, 1.165) is 108 Å². The highest BCUT2D eigenvalue weighted by molar-refractivity contribution is 7.47. The lowest BCUT2D eigenvalue weighted by Gasteiger charge is -2.21. The normalized spacial score (nSPS) is 14.4. The summed E-state index contributed by atoms with van der Waals surface area (Å²) in [5.74, 6) is 0.919. The molecule has 4 unspecified atom stereocenters. The van der Waals surface area contributed by atoms with E-state index in [1.165, 1.54) is 186 Å². The Morgan fingerprint density at radius 2 is 0.500 bits per heavy atom. The molecule has 19 heteroatoms. The number of phosphoric ester groups is 2. The molecule has 0 fully saturated rings. The summed E-state index contributed by atoms with van der Waals surface area (Å²) in [7, 11) is -9.91. The van der Waals surface area contributed by atoms with Crippen LogP contribution in [0.25, 0.3) is 0 Å². The molecule has 0 rings (SSSR count). The van der Waals surface area contributed by atoms with Crippen molar-refractivity contribution in [1.82, 2.24) is 0 Å². The summed E-state index contributed by atoms with van der Waals surface area (Å²) in [5, 5.41) is 10.6. The van der Waals surface area contributed by atoms with Gasteiger partial charge in [-0.3, -0.25) is 37.3 Å². The molecule has 0 aliphatic rings. The van der Waals surface area contributed by atoms with Crippen molar-refractivity contribution < 1.29 is 80.2 Å². The molecule has 0 radical (unpaired) electrons. The number of rotatable bonds is 74. The molecule has 0 aliphatic carbocycles. The lowest BCUT2D eigenvalue weighted by molar-refractivity contribution is -0.161. The van der Waals surface area contributed by atoms with Crippen LogP contribution in [0.5, 0.6) is 0 Å². The zero-order chi connectivity index (χ0) is 71.0. The highest BCUT2D eigenvalue weighted by Gasteiger charge is 2.30. The van der Waals surface area contributed by atoms with E-state index >= 15 is 0 Å². The lowest BCUT2D eigenvalue weighted by Crippen LogP contribution is -2.30. The summed E-state index contributed by atoms with van der Waals surface area (Å²) in [5.41, 5.74) is 0. The van der Waals surface area contributed by atoms with Gasteiger partial charge in [0.25, 0.3) is 0 Å². The smallest absolute Gasteiger partial charge is 0.462 e. The second-order valence-corrected chi connectivity index (χ2v) is 32.3. The minimum absolute atomic E-state index is 0.103. The van der Waals surface area contributed by atoms with Gasteiger partial charge >= 0.3 is 39.5 Å². The van der Waals surface area contributed by atoms with Crippen LogP contribution in [0.4, 0.5) is 0 Å². The molecule has 0 aliphatic heterocycles. The number of aliphatic hydroxyl groups is 1. The molecule has 0 aromatic rings. The first-order chi connectivity index (χ1) is 46.1. The third-order valence-corrected chi connectivity index (χ3v) is 20.1. The van der Waals surface area contributed by atoms with Gasteiger partial charge in [-0.15, -0.1) is 0 Å². The molecule has 0 bridgehead atoms. The van der Waals surface area contributed by atoms with Crippen molar-refractivity contribution in [2.75, 3.05) is 39.6 Å². The molecule has 0 saturated heterocycles. The minimum atomic E-state index is -4.96. The summed E-state index contributed by atoms with van der Waals surface area (Å²) >= 11 is 0. The predicted molar refractivity (Wildman–Crippen MR) is 391 cm³/mol. The fraction of sp³-hybridized carbons (Fsp3) is 0.948. The zero-order valence-electron chi connectivity index (χ0n) is 63.0. The van der Waals surface area contributed by atoms with Gasteiger partial charge in [-0.2, -0.15) is 0 Å². The molecular formula is C77H150O17P2. The van der Waals surface area contributed by atoms with Crippen molar-refractivity contribution in [3.05, 3.63) is 0 Å². The highest BCUT2D eigenvalue weighted by atomic mass is 31.2. The van der Waals surface area contributed by atoms with Gasteiger partial charge in [-0.05, 0) is 49.4 Å². The number of esters is 4. The summed E-state index contributed by atoms with van der Waals surface area (Å²) in [6, 6.07) is 0. The Morgan fingerprint density at radius 3 is 0.740 bits per heavy atom. The fourth-order valence-electron chi connectivity index (χ4n) is 11.7. The number of phosphoric acid groups is 2. The molecule has 570 valence electrons. The van der Waals surface area contributed by atoms with E-state index in [1.807, 2.05) is 0 Å². The average Bonchev–Trinajstić information content (AvgIpc) is 1.17. The minimum Gasteiger partial charge on any atom is -0.462 e. The molecule has 17 nitrogen and oxygen atoms in total. The van der Waals surface area contributed by atoms with Gasteiger partial charge in [0, 0.05) is 25.7 Å². The average molecular weight is 1410 g/mol. The fourth-order valence-corrected chi connectivity index (χ4v) is 13.3. The van der Waals surface area contributed by atoms with Crippen molar-refractivity contribution in [3.8, 4) is 0 Å². The first kappa shape index (κ1) is 94.1. The maximum Gasteiger partial charge on any atom is 0.472 e. The number of ether oxygens (including phenoxy) is 4. The van der Waals surface area contributed by atoms with E-state index in [-0.39, 0.29) is 25.7 Å². The SMILES string of the molecule is CCC(C)CCCCCCCCCCCCCCCCCCCCC(=O)O[C@H](COC(=O)CCCCCCCCCC(C)C)COP(=O)(O)OCC(O)COP(=O)(O)OC[C@@H](COC(=O)CCCCCCCCCCCCCC(C)C)OC(=O)CCCCCCCCCC(C)C. The number of aliphatic hydroxyl groups excluding tert-OH is 1. The monoisotopic (exact) mass is 1410 g/mol. The van der Waals surface area contributed by atoms with Crippen LogP contribution in [0.15, 0.2) is 0 Å². The van der Waals surface area contributed by atoms with Crippen LogP contribution >= 0.6 is 15.6 Å². The van der Waals surface area contributed by atoms with Crippen LogP contribution in [0.3, 0.4) is 0 Å². The van der Waals surface area contributed by atoms with Crippen LogP contribution in [0.1, 0.15) is 389 Å². The van der Waals surface area contributed by atoms with E-state index < -0.39 is 97.5 Å². The van der Waals surface area contributed by atoms with E-state index in [2.05, 4.69) is 55.4 Å². The second-order valence-electron chi connectivity index (χ2n) is 29.4. The highest BCUT2D eigenvalue weighted by Crippen LogP contribution is 2.45. The maximum atomic E-state index is 13.1. The molecule has 96 heavy (non-hydrogen) atoms. The number of unbranched alkanes of at least 4 members (excludes halogenated alkanes) is 39. The van der Waals surface area contributed by atoms with Crippen molar-refractivity contribution in [2.24, 2.45) is 23.7 Å². The summed E-state index contributed by atoms with van der Waals surface area (Å²) in [6.45, 7) is 14.2. The van der Waals surface area contributed by atoms with E-state index in [9.17, 15) is 43.2 Å². The zero-order valence-corrected chi connectivity index (χ0v) is 64.8. The Kier molecular flexibility index (Phi) is 65.0.